The second-order valence-electron chi connectivity index (χ2n) is 9.18. The number of benzene rings is 2. The summed E-state index contributed by atoms with van der Waals surface area (Å²) < 4.78 is 24.4. The van der Waals surface area contributed by atoms with E-state index in [4.69, 9.17) is 14.3 Å². The van der Waals surface area contributed by atoms with Crippen LogP contribution < -0.4 is 9.47 Å². The Labute approximate surface area is 189 Å². The number of nitrogens with zero attached hydrogens (tertiary/aromatic N) is 2. The normalized spacial score (nSPS) is 15.7. The van der Waals surface area contributed by atoms with Gasteiger partial charge in [0.1, 0.15) is 5.82 Å². The van der Waals surface area contributed by atoms with Gasteiger partial charge in [0.2, 0.25) is 5.91 Å². The molecule has 3 rings (SSSR count). The van der Waals surface area contributed by atoms with Crippen LogP contribution in [0, 0.1) is 11.2 Å². The van der Waals surface area contributed by atoms with E-state index >= 15 is 0 Å². The van der Waals surface area contributed by atoms with Crippen LogP contribution in [0.5, 0.6) is 11.5 Å². The summed E-state index contributed by atoms with van der Waals surface area (Å²) >= 11 is 0. The summed E-state index contributed by atoms with van der Waals surface area (Å²) in [6, 6.07) is 11.9. The van der Waals surface area contributed by atoms with Crippen molar-refractivity contribution in [2.24, 2.45) is 10.6 Å². The molecule has 0 bridgehead atoms. The number of rotatable bonds is 8. The third kappa shape index (κ3) is 6.22. The van der Waals surface area contributed by atoms with Crippen LogP contribution in [0.4, 0.5) is 4.39 Å². The lowest BCUT2D eigenvalue weighted by atomic mass is 9.91. The first-order valence-electron chi connectivity index (χ1n) is 10.7. The molecule has 0 saturated carbocycles. The molecule has 1 aliphatic heterocycles. The second-order valence-corrected chi connectivity index (χ2v) is 9.18. The van der Waals surface area contributed by atoms with Crippen molar-refractivity contribution in [2.45, 2.75) is 46.3 Å². The predicted octanol–water partition coefficient (Wildman–Crippen LogP) is 4.80. The SMILES string of the molecule is COc1ccc(C2=NOC(CN(Cc3cccc(F)c3)C(=O)CC(C)(C)C)C2)cc1OC. The van der Waals surface area contributed by atoms with Gasteiger partial charge in [0.05, 0.1) is 26.5 Å². The van der Waals surface area contributed by atoms with Gasteiger partial charge in [-0.2, -0.15) is 0 Å². The van der Waals surface area contributed by atoms with Crippen molar-refractivity contribution in [1.29, 1.82) is 0 Å². The van der Waals surface area contributed by atoms with Crippen LogP contribution in [0.3, 0.4) is 0 Å². The fraction of sp³-hybridized carbons (Fsp3) is 0.440. The van der Waals surface area contributed by atoms with E-state index in [1.807, 2.05) is 45.0 Å². The van der Waals surface area contributed by atoms with E-state index in [9.17, 15) is 9.18 Å². The number of hydrogen-bond acceptors (Lipinski definition) is 5. The van der Waals surface area contributed by atoms with Gasteiger partial charge in [-0.3, -0.25) is 4.79 Å². The molecule has 7 heteroatoms. The van der Waals surface area contributed by atoms with Crippen LogP contribution in [-0.4, -0.2) is 43.4 Å². The summed E-state index contributed by atoms with van der Waals surface area (Å²) in [6.07, 6.45) is 0.659. The molecule has 1 amide bonds. The molecule has 1 unspecified atom stereocenters. The van der Waals surface area contributed by atoms with Gasteiger partial charge in [-0.15, -0.1) is 0 Å². The van der Waals surface area contributed by atoms with E-state index in [0.717, 1.165) is 16.8 Å². The Morgan fingerprint density at radius 3 is 2.56 bits per heavy atom. The molecule has 6 nitrogen and oxygen atoms in total. The maximum absolute atomic E-state index is 13.7. The Hall–Kier alpha value is -3.09. The minimum Gasteiger partial charge on any atom is -0.493 e. The highest BCUT2D eigenvalue weighted by Gasteiger charge is 2.29. The van der Waals surface area contributed by atoms with Gasteiger partial charge >= 0.3 is 0 Å². The molecule has 2 aromatic carbocycles. The smallest absolute Gasteiger partial charge is 0.223 e. The molecule has 0 saturated heterocycles. The van der Waals surface area contributed by atoms with Crippen LogP contribution >= 0.6 is 0 Å². The fourth-order valence-electron chi connectivity index (χ4n) is 3.63. The predicted molar refractivity (Wildman–Crippen MR) is 121 cm³/mol. The van der Waals surface area contributed by atoms with E-state index < -0.39 is 0 Å². The summed E-state index contributed by atoms with van der Waals surface area (Å²) in [5, 5.41) is 4.25. The van der Waals surface area contributed by atoms with Gasteiger partial charge < -0.3 is 19.2 Å². The molecule has 0 radical (unpaired) electrons. The summed E-state index contributed by atoms with van der Waals surface area (Å²) in [5.41, 5.74) is 2.24. The molecule has 0 spiro atoms. The molecule has 2 aromatic rings. The van der Waals surface area contributed by atoms with Crippen LogP contribution in [-0.2, 0) is 16.2 Å². The topological polar surface area (TPSA) is 60.4 Å². The van der Waals surface area contributed by atoms with Gasteiger partial charge in [-0.05, 0) is 41.3 Å². The van der Waals surface area contributed by atoms with Crippen molar-refractivity contribution >= 4 is 11.6 Å². The summed E-state index contributed by atoms with van der Waals surface area (Å²) in [4.78, 5) is 20.5. The highest BCUT2D eigenvalue weighted by Crippen LogP contribution is 2.30. The molecule has 1 heterocycles. The first kappa shape index (κ1) is 23.6. The van der Waals surface area contributed by atoms with Gasteiger partial charge in [-0.1, -0.05) is 38.1 Å². The average molecular weight is 443 g/mol. The van der Waals surface area contributed by atoms with Gasteiger partial charge in [0.15, 0.2) is 17.6 Å². The number of ether oxygens (including phenoxy) is 2. The summed E-state index contributed by atoms with van der Waals surface area (Å²) in [6.45, 7) is 6.75. The van der Waals surface area contributed by atoms with Crippen molar-refractivity contribution in [3.8, 4) is 11.5 Å². The van der Waals surface area contributed by atoms with E-state index in [-0.39, 0.29) is 23.2 Å². The number of oxime groups is 1. The molecule has 1 aliphatic rings. The lowest BCUT2D eigenvalue weighted by molar-refractivity contribution is -0.135. The Bertz CT molecular complexity index is 984. The van der Waals surface area contributed by atoms with Crippen LogP contribution in [0.25, 0.3) is 0 Å². The average Bonchev–Trinajstić information content (AvgIpc) is 3.20. The van der Waals surface area contributed by atoms with Crippen LogP contribution in [0.1, 0.15) is 44.7 Å². The lowest BCUT2D eigenvalue weighted by Gasteiger charge is -2.28. The highest BCUT2D eigenvalue weighted by atomic mass is 19.1. The summed E-state index contributed by atoms with van der Waals surface area (Å²) in [5.74, 6) is 0.942. The quantitative estimate of drug-likeness (QED) is 0.589. The molecular weight excluding hydrogens is 411 g/mol. The van der Waals surface area contributed by atoms with Gasteiger partial charge in [-0.25, -0.2) is 4.39 Å². The first-order chi connectivity index (χ1) is 15.2. The number of methoxy groups -OCH3 is 2. The summed E-state index contributed by atoms with van der Waals surface area (Å²) in [7, 11) is 3.17. The van der Waals surface area contributed by atoms with Crippen molar-refractivity contribution in [1.82, 2.24) is 4.90 Å². The van der Waals surface area contributed by atoms with E-state index in [1.54, 1.807) is 25.2 Å². The lowest BCUT2D eigenvalue weighted by Crippen LogP contribution is -2.38. The standard InChI is InChI=1S/C25H31FN2O4/c1-25(2,3)14-24(29)28(15-17-7-6-8-19(26)11-17)16-20-13-21(27-32-20)18-9-10-22(30-4)23(12-18)31-5/h6-12,20H,13-16H2,1-5H3. The molecule has 0 N–H and O–H groups in total. The number of hydrogen-bond donors (Lipinski definition) is 0. The minimum absolute atomic E-state index is 0.00456. The number of carbonyl (C=O) groups is 1. The molecule has 1 atom stereocenters. The maximum atomic E-state index is 13.7. The Morgan fingerprint density at radius 1 is 1.16 bits per heavy atom. The zero-order chi connectivity index (χ0) is 23.3. The monoisotopic (exact) mass is 442 g/mol. The molecule has 0 aliphatic carbocycles. The van der Waals surface area contributed by atoms with E-state index in [0.29, 0.717) is 37.4 Å². The Kier molecular flexibility index (Phi) is 7.38. The molecular formula is C25H31FN2O4. The third-order valence-electron chi connectivity index (χ3n) is 5.17. The second kappa shape index (κ2) is 10.0. The number of halogens is 1. The van der Waals surface area contributed by atoms with E-state index in [2.05, 4.69) is 5.16 Å². The van der Waals surface area contributed by atoms with Crippen LogP contribution in [0.15, 0.2) is 47.6 Å². The molecule has 0 aromatic heterocycles. The first-order valence-corrected chi connectivity index (χ1v) is 10.7. The highest BCUT2D eigenvalue weighted by molar-refractivity contribution is 6.01. The van der Waals surface area contributed by atoms with Gasteiger partial charge in [0, 0.05) is 24.9 Å². The number of amides is 1. The maximum Gasteiger partial charge on any atom is 0.223 e. The van der Waals surface area contributed by atoms with Crippen molar-refractivity contribution < 1.29 is 23.5 Å². The van der Waals surface area contributed by atoms with E-state index in [1.165, 1.54) is 12.1 Å². The zero-order valence-electron chi connectivity index (χ0n) is 19.4. The Balaban J connectivity index is 1.72. The zero-order valence-corrected chi connectivity index (χ0v) is 19.4. The van der Waals surface area contributed by atoms with Crippen molar-refractivity contribution in [3.63, 3.8) is 0 Å². The molecule has 172 valence electrons. The van der Waals surface area contributed by atoms with Crippen LogP contribution in [0.2, 0.25) is 0 Å². The Morgan fingerprint density at radius 2 is 1.91 bits per heavy atom. The fourth-order valence-corrected chi connectivity index (χ4v) is 3.63. The van der Waals surface area contributed by atoms with Crippen molar-refractivity contribution in [3.05, 3.63) is 59.4 Å². The number of carbonyl (C=O) groups excluding carboxylic acids is 1. The largest absolute Gasteiger partial charge is 0.493 e. The third-order valence-corrected chi connectivity index (χ3v) is 5.17. The molecule has 0 fully saturated rings. The minimum atomic E-state index is -0.318. The molecule has 32 heavy (non-hydrogen) atoms. The van der Waals surface area contributed by atoms with Crippen molar-refractivity contribution in [2.75, 3.05) is 20.8 Å². The van der Waals surface area contributed by atoms with Gasteiger partial charge in [0.25, 0.3) is 0 Å².